The summed E-state index contributed by atoms with van der Waals surface area (Å²) in [5.41, 5.74) is 0. The Hall–Kier alpha value is 0.270. The summed E-state index contributed by atoms with van der Waals surface area (Å²) in [5, 5.41) is 0.909. The predicted molar refractivity (Wildman–Crippen MR) is 80.3 cm³/mol. The van der Waals surface area contributed by atoms with Crippen LogP contribution in [0.5, 0.6) is 0 Å². The minimum absolute atomic E-state index is 0.884. The van der Waals surface area contributed by atoms with Crippen molar-refractivity contribution in [3.8, 4) is 0 Å². The number of thioether (sulfide) groups is 1. The Morgan fingerprint density at radius 2 is 1.61 bits per heavy atom. The molecule has 0 aromatic carbocycles. The summed E-state index contributed by atoms with van der Waals surface area (Å²) < 4.78 is 0. The topological polar surface area (TPSA) is 6.48 Å². The third kappa shape index (κ3) is 2.73. The smallest absolute Gasteiger partial charge is 0.0223 e. The lowest BCUT2D eigenvalue weighted by Gasteiger charge is -2.40. The summed E-state index contributed by atoms with van der Waals surface area (Å²) >= 11 is 2.12. The van der Waals surface area contributed by atoms with Gasteiger partial charge < -0.3 is 0 Å². The van der Waals surface area contributed by atoms with E-state index in [0.29, 0.717) is 0 Å². The fourth-order valence-corrected chi connectivity index (χ4v) is 5.33. The molecule has 0 aromatic heterocycles. The number of hydrogen-bond acceptors (Lipinski definition) is 3. The van der Waals surface area contributed by atoms with Gasteiger partial charge in [0.2, 0.25) is 0 Å². The highest BCUT2D eigenvalue weighted by atomic mass is 32.2. The van der Waals surface area contributed by atoms with Gasteiger partial charge in [0.15, 0.2) is 0 Å². The molecule has 2 aliphatic heterocycles. The maximum atomic E-state index is 2.87. The first-order valence-electron chi connectivity index (χ1n) is 7.89. The van der Waals surface area contributed by atoms with Crippen molar-refractivity contribution in [3.05, 3.63) is 0 Å². The van der Waals surface area contributed by atoms with E-state index >= 15 is 0 Å². The SMILES string of the molecule is CSC1CCCCC1N1CCCN2CCCC2C1. The molecule has 0 spiro atoms. The molecule has 104 valence electrons. The number of fused-ring (bicyclic) bond motifs is 1. The van der Waals surface area contributed by atoms with E-state index in [1.54, 1.807) is 0 Å². The van der Waals surface area contributed by atoms with Gasteiger partial charge in [0.1, 0.15) is 0 Å². The van der Waals surface area contributed by atoms with Gasteiger partial charge in [-0.2, -0.15) is 11.8 Å². The van der Waals surface area contributed by atoms with Crippen molar-refractivity contribution in [1.82, 2.24) is 9.80 Å². The Bertz CT molecular complexity index is 271. The van der Waals surface area contributed by atoms with Crippen LogP contribution in [-0.2, 0) is 0 Å². The molecular formula is C15H28N2S. The second-order valence-corrected chi connectivity index (χ2v) is 7.38. The number of rotatable bonds is 2. The third-order valence-corrected chi connectivity index (χ3v) is 6.43. The molecule has 0 aromatic rings. The lowest BCUT2D eigenvalue weighted by Crippen LogP contribution is -2.47. The first kappa shape index (κ1) is 13.3. The summed E-state index contributed by atoms with van der Waals surface area (Å²) in [4.78, 5) is 5.63. The second-order valence-electron chi connectivity index (χ2n) is 6.31. The second kappa shape index (κ2) is 6.15. The van der Waals surface area contributed by atoms with Gasteiger partial charge in [-0.3, -0.25) is 9.80 Å². The number of hydrogen-bond donors (Lipinski definition) is 0. The molecule has 2 heterocycles. The van der Waals surface area contributed by atoms with Crippen molar-refractivity contribution in [1.29, 1.82) is 0 Å². The summed E-state index contributed by atoms with van der Waals surface area (Å²) in [6.07, 6.45) is 12.5. The monoisotopic (exact) mass is 268 g/mol. The standard InChI is InChI=1S/C15H28N2S/c1-18-15-8-3-2-7-14(15)17-11-5-10-16-9-4-6-13(16)12-17/h13-15H,2-12H2,1H3. The fourth-order valence-electron chi connectivity index (χ4n) is 4.31. The van der Waals surface area contributed by atoms with Crippen molar-refractivity contribution in [2.24, 2.45) is 0 Å². The molecule has 1 saturated carbocycles. The Morgan fingerprint density at radius 3 is 2.50 bits per heavy atom. The van der Waals surface area contributed by atoms with Crippen LogP contribution in [0, 0.1) is 0 Å². The molecule has 3 atom stereocenters. The first-order valence-corrected chi connectivity index (χ1v) is 9.18. The maximum absolute atomic E-state index is 2.87. The molecule has 0 N–H and O–H groups in total. The Balaban J connectivity index is 1.66. The van der Waals surface area contributed by atoms with Crippen LogP contribution in [0.3, 0.4) is 0 Å². The number of nitrogens with zero attached hydrogens (tertiary/aromatic N) is 2. The minimum Gasteiger partial charge on any atom is -0.299 e. The first-order chi connectivity index (χ1) is 8.88. The summed E-state index contributed by atoms with van der Waals surface area (Å²) in [6.45, 7) is 5.45. The van der Waals surface area contributed by atoms with Crippen molar-refractivity contribution in [2.75, 3.05) is 32.4 Å². The zero-order valence-electron chi connectivity index (χ0n) is 11.8. The average Bonchev–Trinajstić information content (AvgIpc) is 2.76. The van der Waals surface area contributed by atoms with Gasteiger partial charge in [0.25, 0.3) is 0 Å². The van der Waals surface area contributed by atoms with Crippen LogP contribution in [0.1, 0.15) is 44.9 Å². The van der Waals surface area contributed by atoms with Crippen molar-refractivity contribution >= 4 is 11.8 Å². The van der Waals surface area contributed by atoms with Crippen LogP contribution in [-0.4, -0.2) is 59.6 Å². The van der Waals surface area contributed by atoms with Crippen LogP contribution in [0.25, 0.3) is 0 Å². The van der Waals surface area contributed by atoms with E-state index in [-0.39, 0.29) is 0 Å². The molecule has 2 nitrogen and oxygen atoms in total. The molecule has 3 heteroatoms. The molecule has 2 saturated heterocycles. The van der Waals surface area contributed by atoms with Crippen LogP contribution in [0.2, 0.25) is 0 Å². The summed E-state index contributed by atoms with van der Waals surface area (Å²) in [6, 6.07) is 1.77. The highest BCUT2D eigenvalue weighted by molar-refractivity contribution is 7.99. The largest absolute Gasteiger partial charge is 0.299 e. The molecule has 0 radical (unpaired) electrons. The van der Waals surface area contributed by atoms with Gasteiger partial charge in [-0.1, -0.05) is 12.8 Å². The molecule has 18 heavy (non-hydrogen) atoms. The molecule has 3 rings (SSSR count). The van der Waals surface area contributed by atoms with E-state index in [1.807, 2.05) is 0 Å². The van der Waals surface area contributed by atoms with Crippen LogP contribution in [0.4, 0.5) is 0 Å². The molecular weight excluding hydrogens is 240 g/mol. The van der Waals surface area contributed by atoms with Gasteiger partial charge in [0, 0.05) is 23.9 Å². The van der Waals surface area contributed by atoms with E-state index in [1.165, 1.54) is 71.1 Å². The Labute approximate surface area is 116 Å². The quantitative estimate of drug-likeness (QED) is 0.760. The molecule has 3 aliphatic rings. The average molecular weight is 268 g/mol. The fraction of sp³-hybridized carbons (Fsp3) is 1.00. The highest BCUT2D eigenvalue weighted by Crippen LogP contribution is 2.33. The predicted octanol–water partition coefficient (Wildman–Crippen LogP) is 2.83. The summed E-state index contributed by atoms with van der Waals surface area (Å²) in [7, 11) is 0. The van der Waals surface area contributed by atoms with Crippen molar-refractivity contribution < 1.29 is 0 Å². The zero-order valence-corrected chi connectivity index (χ0v) is 12.6. The van der Waals surface area contributed by atoms with E-state index in [0.717, 1.165) is 17.3 Å². The normalized spacial score (nSPS) is 39.5. The van der Waals surface area contributed by atoms with E-state index in [2.05, 4.69) is 27.8 Å². The van der Waals surface area contributed by atoms with Crippen LogP contribution in [0.15, 0.2) is 0 Å². The van der Waals surface area contributed by atoms with Gasteiger partial charge in [-0.05, 0) is 58.0 Å². The molecule has 0 amide bonds. The summed E-state index contributed by atoms with van der Waals surface area (Å²) in [5.74, 6) is 0. The van der Waals surface area contributed by atoms with Gasteiger partial charge in [0.05, 0.1) is 0 Å². The van der Waals surface area contributed by atoms with E-state index in [9.17, 15) is 0 Å². The third-order valence-electron chi connectivity index (χ3n) is 5.27. The van der Waals surface area contributed by atoms with Gasteiger partial charge in [-0.25, -0.2) is 0 Å². The van der Waals surface area contributed by atoms with Crippen LogP contribution >= 0.6 is 11.8 Å². The molecule has 3 fully saturated rings. The Morgan fingerprint density at radius 1 is 0.833 bits per heavy atom. The molecule has 0 bridgehead atoms. The van der Waals surface area contributed by atoms with Crippen molar-refractivity contribution in [3.63, 3.8) is 0 Å². The lowest BCUT2D eigenvalue weighted by atomic mass is 9.93. The maximum Gasteiger partial charge on any atom is 0.0223 e. The Kier molecular flexibility index (Phi) is 4.53. The minimum atomic E-state index is 0.884. The van der Waals surface area contributed by atoms with E-state index < -0.39 is 0 Å². The van der Waals surface area contributed by atoms with Gasteiger partial charge >= 0.3 is 0 Å². The zero-order chi connectivity index (χ0) is 12.4. The molecule has 1 aliphatic carbocycles. The highest BCUT2D eigenvalue weighted by Gasteiger charge is 2.35. The van der Waals surface area contributed by atoms with Crippen molar-refractivity contribution in [2.45, 2.75) is 62.3 Å². The van der Waals surface area contributed by atoms with Gasteiger partial charge in [-0.15, -0.1) is 0 Å². The molecule has 3 unspecified atom stereocenters. The lowest BCUT2D eigenvalue weighted by molar-refractivity contribution is 0.146. The van der Waals surface area contributed by atoms with E-state index in [4.69, 9.17) is 0 Å². The van der Waals surface area contributed by atoms with Crippen LogP contribution < -0.4 is 0 Å².